The van der Waals surface area contributed by atoms with Gasteiger partial charge in [0, 0.05) is 12.5 Å². The quantitative estimate of drug-likeness (QED) is 0.735. The van der Waals surface area contributed by atoms with E-state index < -0.39 is 9.84 Å². The lowest BCUT2D eigenvalue weighted by atomic mass is 9.97. The van der Waals surface area contributed by atoms with Gasteiger partial charge in [-0.25, -0.2) is 8.42 Å². The summed E-state index contributed by atoms with van der Waals surface area (Å²) in [6.45, 7) is 4.96. The molecule has 1 saturated heterocycles. The van der Waals surface area contributed by atoms with Crippen LogP contribution in [-0.2, 0) is 9.84 Å². The van der Waals surface area contributed by atoms with E-state index in [1.54, 1.807) is 0 Å². The van der Waals surface area contributed by atoms with Crippen molar-refractivity contribution >= 4 is 9.84 Å². The summed E-state index contributed by atoms with van der Waals surface area (Å²) in [5, 5.41) is 3.46. The van der Waals surface area contributed by atoms with E-state index in [-0.39, 0.29) is 0 Å². The molecule has 1 aliphatic rings. The number of hydrogen-bond acceptors (Lipinski definition) is 3. The van der Waals surface area contributed by atoms with E-state index in [2.05, 4.69) is 24.1 Å². The molecular formula is C13H23NO2S. The number of rotatable bonds is 6. The van der Waals surface area contributed by atoms with E-state index in [0.717, 1.165) is 32.2 Å². The van der Waals surface area contributed by atoms with Crippen molar-refractivity contribution in [2.75, 3.05) is 18.1 Å². The molecule has 0 aromatic rings. The minimum atomic E-state index is -2.75. The number of nitrogens with one attached hydrogen (secondary N) is 1. The summed E-state index contributed by atoms with van der Waals surface area (Å²) in [4.78, 5) is 0. The Bertz CT molecular complexity index is 378. The third-order valence-corrected chi connectivity index (χ3v) is 4.99. The zero-order valence-electron chi connectivity index (χ0n) is 10.8. The molecule has 0 amide bonds. The largest absolute Gasteiger partial charge is 0.313 e. The van der Waals surface area contributed by atoms with Gasteiger partial charge in [0.25, 0.3) is 0 Å². The van der Waals surface area contributed by atoms with Gasteiger partial charge in [-0.3, -0.25) is 0 Å². The van der Waals surface area contributed by atoms with Crippen molar-refractivity contribution < 1.29 is 8.42 Å². The molecule has 17 heavy (non-hydrogen) atoms. The smallest absolute Gasteiger partial charge is 0.150 e. The van der Waals surface area contributed by atoms with E-state index in [0.29, 0.717) is 23.5 Å². The van der Waals surface area contributed by atoms with Crippen LogP contribution in [0, 0.1) is 17.8 Å². The van der Waals surface area contributed by atoms with Gasteiger partial charge in [-0.05, 0) is 38.6 Å². The summed E-state index contributed by atoms with van der Waals surface area (Å²) in [5.74, 6) is 7.07. The Morgan fingerprint density at radius 3 is 2.76 bits per heavy atom. The second kappa shape index (κ2) is 7.03. The van der Waals surface area contributed by atoms with Crippen LogP contribution < -0.4 is 5.32 Å². The van der Waals surface area contributed by atoms with Crippen molar-refractivity contribution in [2.45, 2.75) is 45.6 Å². The molecule has 1 aliphatic heterocycles. The molecule has 1 N–H and O–H groups in total. The van der Waals surface area contributed by atoms with Gasteiger partial charge in [-0.1, -0.05) is 6.92 Å². The topological polar surface area (TPSA) is 46.2 Å². The van der Waals surface area contributed by atoms with Gasteiger partial charge in [0.1, 0.15) is 0 Å². The van der Waals surface area contributed by atoms with Gasteiger partial charge < -0.3 is 5.32 Å². The molecule has 1 rings (SSSR count). The summed E-state index contributed by atoms with van der Waals surface area (Å²) in [6, 6.07) is 0.348. The predicted molar refractivity (Wildman–Crippen MR) is 71.5 cm³/mol. The van der Waals surface area contributed by atoms with Crippen molar-refractivity contribution in [3.05, 3.63) is 0 Å². The second-order valence-electron chi connectivity index (χ2n) is 4.79. The Kier molecular flexibility index (Phi) is 6.01. The number of hydrogen-bond donors (Lipinski definition) is 1. The average molecular weight is 257 g/mol. The van der Waals surface area contributed by atoms with Crippen LogP contribution in [0.4, 0.5) is 0 Å². The Labute approximate surface area is 105 Å². The molecule has 0 saturated carbocycles. The maximum atomic E-state index is 11.4. The predicted octanol–water partition coefficient (Wildman–Crippen LogP) is 1.59. The lowest BCUT2D eigenvalue weighted by Gasteiger charge is -2.19. The molecule has 0 bridgehead atoms. The Balaban J connectivity index is 2.44. The SMILES string of the molecule is CC#CCC(CC1CCS(=O)(=O)C1)NCCC. The van der Waals surface area contributed by atoms with Crippen LogP contribution in [0.1, 0.15) is 39.5 Å². The molecule has 4 heteroatoms. The van der Waals surface area contributed by atoms with Crippen LogP contribution in [0.15, 0.2) is 0 Å². The second-order valence-corrected chi connectivity index (χ2v) is 7.02. The molecule has 0 aromatic carbocycles. The summed E-state index contributed by atoms with van der Waals surface area (Å²) < 4.78 is 22.8. The molecule has 0 aromatic heterocycles. The Morgan fingerprint density at radius 1 is 1.47 bits per heavy atom. The summed E-state index contributed by atoms with van der Waals surface area (Å²) in [7, 11) is -2.75. The minimum Gasteiger partial charge on any atom is -0.313 e. The third kappa shape index (κ3) is 5.56. The molecular weight excluding hydrogens is 234 g/mol. The highest BCUT2D eigenvalue weighted by Gasteiger charge is 2.29. The lowest BCUT2D eigenvalue weighted by Crippen LogP contribution is -2.31. The Morgan fingerprint density at radius 2 is 2.24 bits per heavy atom. The molecule has 1 fully saturated rings. The van der Waals surface area contributed by atoms with Gasteiger partial charge in [0.2, 0.25) is 0 Å². The summed E-state index contributed by atoms with van der Waals surface area (Å²) in [6.07, 6.45) is 3.69. The van der Waals surface area contributed by atoms with E-state index in [1.807, 2.05) is 6.92 Å². The van der Waals surface area contributed by atoms with Gasteiger partial charge in [-0.15, -0.1) is 11.8 Å². The molecule has 2 atom stereocenters. The van der Waals surface area contributed by atoms with Crippen LogP contribution in [0.3, 0.4) is 0 Å². The van der Waals surface area contributed by atoms with Crippen molar-refractivity contribution in [1.82, 2.24) is 5.32 Å². The van der Waals surface area contributed by atoms with Crippen molar-refractivity contribution in [1.29, 1.82) is 0 Å². The zero-order chi connectivity index (χ0) is 12.7. The van der Waals surface area contributed by atoms with E-state index in [1.165, 1.54) is 0 Å². The molecule has 0 aliphatic carbocycles. The average Bonchev–Trinajstić information content (AvgIpc) is 2.62. The zero-order valence-corrected chi connectivity index (χ0v) is 11.6. The molecule has 1 heterocycles. The Hall–Kier alpha value is -0.530. The van der Waals surface area contributed by atoms with Crippen LogP contribution in [0.2, 0.25) is 0 Å². The highest BCUT2D eigenvalue weighted by atomic mass is 32.2. The number of sulfone groups is 1. The van der Waals surface area contributed by atoms with E-state index in [9.17, 15) is 8.42 Å². The molecule has 98 valence electrons. The maximum absolute atomic E-state index is 11.4. The fraction of sp³-hybridized carbons (Fsp3) is 0.846. The van der Waals surface area contributed by atoms with Crippen LogP contribution in [0.25, 0.3) is 0 Å². The first-order chi connectivity index (χ1) is 8.07. The van der Waals surface area contributed by atoms with Gasteiger partial charge >= 0.3 is 0 Å². The lowest BCUT2D eigenvalue weighted by molar-refractivity contribution is 0.410. The van der Waals surface area contributed by atoms with E-state index in [4.69, 9.17) is 0 Å². The van der Waals surface area contributed by atoms with E-state index >= 15 is 0 Å². The van der Waals surface area contributed by atoms with Crippen LogP contribution >= 0.6 is 0 Å². The highest BCUT2D eigenvalue weighted by molar-refractivity contribution is 7.91. The first-order valence-corrected chi connectivity index (χ1v) is 8.23. The first-order valence-electron chi connectivity index (χ1n) is 6.40. The highest BCUT2D eigenvalue weighted by Crippen LogP contribution is 2.23. The van der Waals surface area contributed by atoms with Gasteiger partial charge in [0.15, 0.2) is 9.84 Å². The monoisotopic (exact) mass is 257 g/mol. The molecule has 2 unspecified atom stereocenters. The van der Waals surface area contributed by atoms with Gasteiger partial charge in [0.05, 0.1) is 11.5 Å². The van der Waals surface area contributed by atoms with Gasteiger partial charge in [-0.2, -0.15) is 0 Å². The maximum Gasteiger partial charge on any atom is 0.150 e. The van der Waals surface area contributed by atoms with Crippen LogP contribution in [-0.4, -0.2) is 32.5 Å². The molecule has 0 radical (unpaired) electrons. The summed E-state index contributed by atoms with van der Waals surface area (Å²) in [5.41, 5.74) is 0. The molecule has 0 spiro atoms. The van der Waals surface area contributed by atoms with Crippen molar-refractivity contribution in [2.24, 2.45) is 5.92 Å². The van der Waals surface area contributed by atoms with Crippen molar-refractivity contribution in [3.8, 4) is 11.8 Å². The third-order valence-electron chi connectivity index (χ3n) is 3.15. The normalized spacial score (nSPS) is 24.0. The van der Waals surface area contributed by atoms with Crippen molar-refractivity contribution in [3.63, 3.8) is 0 Å². The van der Waals surface area contributed by atoms with Crippen LogP contribution in [0.5, 0.6) is 0 Å². The molecule has 3 nitrogen and oxygen atoms in total. The standard InChI is InChI=1S/C13H23NO2S/c1-3-5-6-13(14-8-4-2)10-12-7-9-17(15,16)11-12/h12-14H,4,6-11H2,1-2H3. The fourth-order valence-electron chi connectivity index (χ4n) is 2.27. The minimum absolute atomic E-state index is 0.327. The first kappa shape index (κ1) is 14.5. The fourth-order valence-corrected chi connectivity index (χ4v) is 4.15. The summed E-state index contributed by atoms with van der Waals surface area (Å²) >= 11 is 0.